The number of aryl methyl sites for hydroxylation is 6. The molecule has 15 heterocycles. The average molecular weight is 1790 g/mol. The second-order valence-corrected chi connectivity index (χ2v) is 35.6. The number of rotatable bonds is 18. The fourth-order valence-corrected chi connectivity index (χ4v) is 17.4. The van der Waals surface area contributed by atoms with E-state index in [1.165, 1.54) is 45.9 Å². The van der Waals surface area contributed by atoms with E-state index in [-0.39, 0.29) is 24.1 Å². The normalized spacial score (nSPS) is 11.6. The maximum absolute atomic E-state index is 13.1. The van der Waals surface area contributed by atoms with Gasteiger partial charge in [-0.15, -0.1) is 5.10 Å². The highest BCUT2D eigenvalue weighted by atomic mass is 79.9. The lowest BCUT2D eigenvalue weighted by Crippen LogP contribution is -2.05. The van der Waals surface area contributed by atoms with E-state index in [0.29, 0.717) is 86.4 Å². The highest BCUT2D eigenvalue weighted by molar-refractivity contribution is 9.11. The third-order valence-corrected chi connectivity index (χ3v) is 23.2. The molecule has 15 aromatic heterocycles. The van der Waals surface area contributed by atoms with Crippen LogP contribution in [0.25, 0.3) is 137 Å². The topological polar surface area (TPSA) is 290 Å². The van der Waals surface area contributed by atoms with E-state index in [1.54, 1.807) is 97.2 Å². The SMILES string of the molecule is COc1cc(OC(C)C)c2cc(-c3cn4nc(Br)sc4n3)oc2c1.COc1cc(OC(C)C)c2cc(-c3cn4nc(C)sc4n3)oc2c1.COc1cc(OC(C)C)c2cc(-c3cn4nc(C)sc4n3)oc2c1.COc1cc(OCc2ccc(F)cc2)c2cc(-c3cn4nc(C)sc4n3)oc2c1.Cc1cc(C)c2cc(-c3cn4nc(C)sc4n3)oc2c1. The van der Waals surface area contributed by atoms with E-state index < -0.39 is 0 Å². The molecule has 0 atom stereocenters. The van der Waals surface area contributed by atoms with Gasteiger partial charge in [0.15, 0.2) is 32.7 Å². The molecule has 0 aliphatic heterocycles. The third kappa shape index (κ3) is 17.3. The Hall–Kier alpha value is -12.7. The van der Waals surface area contributed by atoms with Crippen molar-refractivity contribution >= 4 is 152 Å². The molecule has 0 amide bonds. The van der Waals surface area contributed by atoms with Crippen molar-refractivity contribution in [3.05, 3.63) is 193 Å². The van der Waals surface area contributed by atoms with E-state index in [1.807, 2.05) is 173 Å². The van der Waals surface area contributed by atoms with Crippen molar-refractivity contribution in [2.75, 3.05) is 28.4 Å². The molecule has 618 valence electrons. The van der Waals surface area contributed by atoms with Gasteiger partial charge >= 0.3 is 0 Å². The first-order valence-corrected chi connectivity index (χ1v) is 42.9. The van der Waals surface area contributed by atoms with E-state index in [2.05, 4.69) is 98.4 Å². The van der Waals surface area contributed by atoms with Crippen LogP contribution in [0.2, 0.25) is 0 Å². The molecule has 0 spiro atoms. The van der Waals surface area contributed by atoms with Gasteiger partial charge < -0.3 is 60.0 Å². The molecule has 0 bridgehead atoms. The number of furan rings is 5. The van der Waals surface area contributed by atoms with E-state index >= 15 is 0 Å². The Labute approximate surface area is 716 Å². The largest absolute Gasteiger partial charge is 0.496 e. The third-order valence-electron chi connectivity index (χ3n) is 18.5. The van der Waals surface area contributed by atoms with Crippen molar-refractivity contribution in [1.82, 2.24) is 73.0 Å². The Balaban J connectivity index is 0.000000108. The zero-order valence-corrected chi connectivity index (χ0v) is 73.8. The summed E-state index contributed by atoms with van der Waals surface area (Å²) in [5.74, 6) is 8.71. The fraction of sp³-hybridized carbons (Fsp3) is 0.233. The number of ether oxygens (including phenoxy) is 8. The smallest absolute Gasteiger partial charge is 0.213 e. The van der Waals surface area contributed by atoms with Crippen LogP contribution in [0.4, 0.5) is 4.39 Å². The first-order chi connectivity index (χ1) is 58.3. The van der Waals surface area contributed by atoms with Crippen molar-refractivity contribution in [3.8, 4) is 103 Å². The van der Waals surface area contributed by atoms with Gasteiger partial charge in [-0.05, 0) is 164 Å². The molecule has 21 aromatic rings. The summed E-state index contributed by atoms with van der Waals surface area (Å²) in [7, 11) is 6.47. The number of methoxy groups -OCH3 is 4. The van der Waals surface area contributed by atoms with Gasteiger partial charge in [0.2, 0.25) is 24.8 Å². The van der Waals surface area contributed by atoms with Crippen LogP contribution in [-0.2, 0) is 6.61 Å². The summed E-state index contributed by atoms with van der Waals surface area (Å²) in [6.45, 7) is 24.2. The molecule has 0 aliphatic rings. The summed E-state index contributed by atoms with van der Waals surface area (Å²) in [6, 6.07) is 35.0. The lowest BCUT2D eigenvalue weighted by Gasteiger charge is -2.11. The van der Waals surface area contributed by atoms with Crippen molar-refractivity contribution in [2.24, 2.45) is 0 Å². The summed E-state index contributed by atoms with van der Waals surface area (Å²) in [5, 5.41) is 30.4. The van der Waals surface area contributed by atoms with Gasteiger partial charge in [-0.2, -0.15) is 20.4 Å². The fourth-order valence-electron chi connectivity index (χ4n) is 13.3. The summed E-state index contributed by atoms with van der Waals surface area (Å²) < 4.78 is 97.7. The molecule has 0 radical (unpaired) electrons. The average Bonchev–Trinajstić information content (AvgIpc) is 1.69. The minimum Gasteiger partial charge on any atom is -0.496 e. The van der Waals surface area contributed by atoms with E-state index in [9.17, 15) is 4.39 Å². The molecule has 0 aliphatic carbocycles. The number of fused-ring (bicyclic) bond motifs is 10. The van der Waals surface area contributed by atoms with Crippen LogP contribution in [0.1, 0.15) is 78.3 Å². The van der Waals surface area contributed by atoms with Crippen LogP contribution in [0.15, 0.2) is 172 Å². The van der Waals surface area contributed by atoms with Crippen molar-refractivity contribution in [2.45, 2.75) is 108 Å². The van der Waals surface area contributed by atoms with Crippen LogP contribution < -0.4 is 37.9 Å². The Morgan fingerprint density at radius 3 is 0.950 bits per heavy atom. The van der Waals surface area contributed by atoms with Crippen molar-refractivity contribution in [1.29, 1.82) is 0 Å². The van der Waals surface area contributed by atoms with E-state index in [0.717, 1.165) is 133 Å². The van der Waals surface area contributed by atoms with Gasteiger partial charge in [-0.1, -0.05) is 74.9 Å². The van der Waals surface area contributed by atoms with Gasteiger partial charge in [0.25, 0.3) is 0 Å². The summed E-state index contributed by atoms with van der Waals surface area (Å²) >= 11 is 11.0. The molecule has 6 aromatic carbocycles. The number of aromatic nitrogens is 15. The second kappa shape index (κ2) is 33.5. The first kappa shape index (κ1) is 80.7. The zero-order valence-electron chi connectivity index (χ0n) is 68.1. The summed E-state index contributed by atoms with van der Waals surface area (Å²) in [6.07, 6.45) is 9.51. The molecule has 28 nitrogen and oxygen atoms in total. The lowest BCUT2D eigenvalue weighted by atomic mass is 10.1. The molecule has 35 heteroatoms. The van der Waals surface area contributed by atoms with Crippen LogP contribution >= 0.6 is 72.6 Å². The highest BCUT2D eigenvalue weighted by Gasteiger charge is 2.24. The molecule has 0 saturated carbocycles. The molecular weight excluding hydrogens is 1710 g/mol. The number of imidazole rings is 5. The Morgan fingerprint density at radius 1 is 0.355 bits per heavy atom. The standard InChI is InChI=1S/C21H16FN3O3S.2C17H17N3O3S.C16H14BrN3O3S.C15H13N3OS/c1-12-24-25-10-17(23-21(25)29-12)20-9-16-18(7-15(26-2)8-19(16)28-20)27-11-13-3-5-14(22)6-4-13;2*1-9(2)22-14-5-11(21-4)6-15-12(14)7-16(23-15)13-8-20-17(18-13)24-10(3)19-20;1-8(2)22-12-4-9(21-3)5-13-10(12)6-14(23-13)11-7-20-16(18-11)24-15(17)19-20;1-8-4-9(2)11-6-14(19-13(11)5-8)12-7-18-15(16-12)20-10(3)17-18/h3-10H,11H2,1-2H3;2*5-9H,1-4H3;4-8H,1-3H3;4-7H,1-3H3. The maximum atomic E-state index is 13.1. The molecule has 121 heavy (non-hydrogen) atoms. The molecule has 21 rings (SSSR count). The number of halogens is 2. The maximum Gasteiger partial charge on any atom is 0.213 e. The molecule has 0 unspecified atom stereocenters. The predicted molar refractivity (Wildman–Crippen MR) is 471 cm³/mol. The monoisotopic (exact) mass is 1790 g/mol. The lowest BCUT2D eigenvalue weighted by molar-refractivity contribution is 0.244. The van der Waals surface area contributed by atoms with Crippen LogP contribution in [0, 0.1) is 47.4 Å². The van der Waals surface area contributed by atoms with Gasteiger partial charge in [-0.3, -0.25) is 0 Å². The van der Waals surface area contributed by atoms with Gasteiger partial charge in [0.1, 0.15) is 135 Å². The molecule has 0 fully saturated rings. The number of hydrogen-bond donors (Lipinski definition) is 0. The quantitative estimate of drug-likeness (QED) is 0.0771. The number of nitrogens with zero attached hydrogens (tertiary/aromatic N) is 15. The second-order valence-electron chi connectivity index (χ2n) is 28.7. The van der Waals surface area contributed by atoms with Gasteiger partial charge in [0, 0.05) is 53.9 Å². The number of benzene rings is 6. The van der Waals surface area contributed by atoms with Crippen molar-refractivity contribution in [3.63, 3.8) is 0 Å². The van der Waals surface area contributed by atoms with Gasteiger partial charge in [0.05, 0.1) is 99.3 Å². The Morgan fingerprint density at radius 2 is 0.645 bits per heavy atom. The van der Waals surface area contributed by atoms with Crippen LogP contribution in [0.3, 0.4) is 0 Å². The summed E-state index contributed by atoms with van der Waals surface area (Å²) in [4.78, 5) is 27.1. The van der Waals surface area contributed by atoms with E-state index in [4.69, 9.17) is 60.0 Å². The number of hydrogen-bond acceptors (Lipinski definition) is 28. The Kier molecular flexibility index (Phi) is 22.3. The summed E-state index contributed by atoms with van der Waals surface area (Å²) in [5.41, 5.74) is 10.7. The molecule has 0 saturated heterocycles. The predicted octanol–water partition coefficient (Wildman–Crippen LogP) is 22.7. The first-order valence-electron chi connectivity index (χ1n) is 38.0. The van der Waals surface area contributed by atoms with Crippen LogP contribution in [-0.4, -0.2) is 120 Å². The van der Waals surface area contributed by atoms with Crippen molar-refractivity contribution < 1.29 is 64.4 Å². The minimum absolute atomic E-state index is 0.0538. The zero-order chi connectivity index (χ0) is 84.3. The minimum atomic E-state index is -0.276. The molecule has 0 N–H and O–H groups in total. The highest BCUT2D eigenvalue weighted by Crippen LogP contribution is 2.43. The molecular formula is C86H77BrFN15O13S5. The van der Waals surface area contributed by atoms with Gasteiger partial charge in [-0.25, -0.2) is 51.9 Å². The Bertz CT molecular complexity index is 6810. The van der Waals surface area contributed by atoms with Crippen LogP contribution in [0.5, 0.6) is 46.0 Å².